The summed E-state index contributed by atoms with van der Waals surface area (Å²) in [6.07, 6.45) is 2.87. The molecule has 0 aliphatic carbocycles. The first-order valence-electron chi connectivity index (χ1n) is 5.08. The fraction of sp³-hybridized carbons (Fsp3) is 0.364. The second-order valence-electron chi connectivity index (χ2n) is 3.47. The average molecular weight is 238 g/mol. The number of rotatable bonds is 4. The third-order valence-electron chi connectivity index (χ3n) is 2.16. The molecule has 0 unspecified atom stereocenters. The molecule has 0 aromatic carbocycles. The van der Waals surface area contributed by atoms with Crippen LogP contribution in [0.5, 0.6) is 0 Å². The van der Waals surface area contributed by atoms with Gasteiger partial charge in [-0.15, -0.1) is 0 Å². The lowest BCUT2D eigenvalue weighted by Crippen LogP contribution is -2.40. The van der Waals surface area contributed by atoms with E-state index in [0.717, 1.165) is 4.57 Å². The van der Waals surface area contributed by atoms with Crippen LogP contribution in [0.4, 0.5) is 0 Å². The van der Waals surface area contributed by atoms with Crippen LogP contribution in [-0.2, 0) is 23.1 Å². The SMILES string of the molecule is C=C(Cn1ccn(C)c(=O)c1=O)C(=O)OCC. The molecule has 0 atom stereocenters. The van der Waals surface area contributed by atoms with Gasteiger partial charge in [0, 0.05) is 25.0 Å². The third-order valence-corrected chi connectivity index (χ3v) is 2.16. The number of aryl methyl sites for hydroxylation is 1. The van der Waals surface area contributed by atoms with Gasteiger partial charge >= 0.3 is 17.1 Å². The highest BCUT2D eigenvalue weighted by Gasteiger charge is 2.10. The zero-order valence-electron chi connectivity index (χ0n) is 9.80. The number of esters is 1. The van der Waals surface area contributed by atoms with Crippen molar-refractivity contribution in [3.63, 3.8) is 0 Å². The van der Waals surface area contributed by atoms with Gasteiger partial charge in [-0.2, -0.15) is 0 Å². The van der Waals surface area contributed by atoms with Gasteiger partial charge in [-0.1, -0.05) is 6.58 Å². The van der Waals surface area contributed by atoms with Gasteiger partial charge in [0.15, 0.2) is 0 Å². The van der Waals surface area contributed by atoms with E-state index in [4.69, 9.17) is 4.74 Å². The molecule has 0 fully saturated rings. The van der Waals surface area contributed by atoms with Crippen molar-refractivity contribution >= 4 is 5.97 Å². The summed E-state index contributed by atoms with van der Waals surface area (Å²) in [5.41, 5.74) is -1.22. The minimum Gasteiger partial charge on any atom is -0.463 e. The number of carbonyl (C=O) groups excluding carboxylic acids is 1. The van der Waals surface area contributed by atoms with E-state index in [9.17, 15) is 14.4 Å². The first-order valence-corrected chi connectivity index (χ1v) is 5.08. The first-order chi connectivity index (χ1) is 7.97. The van der Waals surface area contributed by atoms with Gasteiger partial charge < -0.3 is 13.9 Å². The molecule has 0 saturated heterocycles. The van der Waals surface area contributed by atoms with E-state index in [1.165, 1.54) is 24.0 Å². The Morgan fingerprint density at radius 2 is 2.00 bits per heavy atom. The molecule has 1 heterocycles. The maximum Gasteiger partial charge on any atom is 0.335 e. The Morgan fingerprint density at radius 3 is 2.59 bits per heavy atom. The summed E-state index contributed by atoms with van der Waals surface area (Å²) in [5.74, 6) is -0.569. The lowest BCUT2D eigenvalue weighted by atomic mass is 10.3. The molecule has 6 nitrogen and oxygen atoms in total. The van der Waals surface area contributed by atoms with E-state index in [2.05, 4.69) is 6.58 Å². The Hall–Kier alpha value is -2.11. The van der Waals surface area contributed by atoms with Crippen LogP contribution in [0.25, 0.3) is 0 Å². The molecule has 1 aromatic rings. The van der Waals surface area contributed by atoms with E-state index >= 15 is 0 Å². The normalized spacial score (nSPS) is 10.0. The molecule has 0 aliphatic rings. The predicted molar refractivity (Wildman–Crippen MR) is 61.7 cm³/mol. The van der Waals surface area contributed by atoms with Crippen molar-refractivity contribution in [2.45, 2.75) is 13.5 Å². The second kappa shape index (κ2) is 5.29. The molecule has 0 radical (unpaired) electrons. The monoisotopic (exact) mass is 238 g/mol. The number of hydrogen-bond donors (Lipinski definition) is 0. The summed E-state index contributed by atoms with van der Waals surface area (Å²) in [6, 6.07) is 0. The van der Waals surface area contributed by atoms with Crippen LogP contribution in [0.3, 0.4) is 0 Å². The van der Waals surface area contributed by atoms with Gasteiger partial charge in [0.05, 0.1) is 13.2 Å². The van der Waals surface area contributed by atoms with Crippen molar-refractivity contribution in [2.24, 2.45) is 7.05 Å². The van der Waals surface area contributed by atoms with Crippen molar-refractivity contribution in [1.82, 2.24) is 9.13 Å². The summed E-state index contributed by atoms with van der Waals surface area (Å²) < 4.78 is 7.03. The van der Waals surface area contributed by atoms with Crippen LogP contribution in [-0.4, -0.2) is 21.7 Å². The average Bonchev–Trinajstić information content (AvgIpc) is 2.30. The molecule has 0 amide bonds. The molecule has 1 rings (SSSR count). The number of ether oxygens (including phenoxy) is 1. The van der Waals surface area contributed by atoms with Crippen LogP contribution in [0.15, 0.2) is 34.1 Å². The predicted octanol–water partition coefficient (Wildman–Crippen LogP) is -0.334. The zero-order valence-corrected chi connectivity index (χ0v) is 9.80. The molecule has 0 N–H and O–H groups in total. The standard InChI is InChI=1S/C11H14N2O4/c1-4-17-11(16)8(2)7-13-6-5-12(3)9(14)10(13)15/h5-6H,2,4,7H2,1,3H3. The zero-order chi connectivity index (χ0) is 13.0. The lowest BCUT2D eigenvalue weighted by Gasteiger charge is -2.08. The quantitative estimate of drug-likeness (QED) is 0.409. The van der Waals surface area contributed by atoms with Crippen molar-refractivity contribution < 1.29 is 9.53 Å². The number of carbonyl (C=O) groups is 1. The van der Waals surface area contributed by atoms with E-state index < -0.39 is 17.1 Å². The smallest absolute Gasteiger partial charge is 0.335 e. The number of hydrogen-bond acceptors (Lipinski definition) is 4. The van der Waals surface area contributed by atoms with Crippen LogP contribution in [0, 0.1) is 0 Å². The maximum absolute atomic E-state index is 11.5. The van der Waals surface area contributed by atoms with Crippen LogP contribution in [0.1, 0.15) is 6.92 Å². The molecule has 6 heteroatoms. The number of nitrogens with zero attached hydrogens (tertiary/aromatic N) is 2. The Balaban J connectivity index is 2.94. The molecule has 0 aliphatic heterocycles. The molecule has 1 aromatic heterocycles. The molecule has 17 heavy (non-hydrogen) atoms. The summed E-state index contributed by atoms with van der Waals surface area (Å²) in [5, 5.41) is 0. The molecule has 0 saturated carbocycles. The fourth-order valence-electron chi connectivity index (χ4n) is 1.22. The fourth-order valence-corrected chi connectivity index (χ4v) is 1.22. The Morgan fingerprint density at radius 1 is 1.35 bits per heavy atom. The summed E-state index contributed by atoms with van der Waals surface area (Å²) in [4.78, 5) is 34.2. The van der Waals surface area contributed by atoms with Crippen molar-refractivity contribution in [2.75, 3.05) is 6.61 Å². The largest absolute Gasteiger partial charge is 0.463 e. The van der Waals surface area contributed by atoms with Crippen molar-refractivity contribution in [3.05, 3.63) is 45.3 Å². The minimum atomic E-state index is -0.694. The van der Waals surface area contributed by atoms with Gasteiger partial charge in [-0.25, -0.2) is 4.79 Å². The van der Waals surface area contributed by atoms with E-state index in [1.807, 2.05) is 0 Å². The molecular weight excluding hydrogens is 224 g/mol. The van der Waals surface area contributed by atoms with Gasteiger partial charge in [-0.05, 0) is 6.92 Å². The van der Waals surface area contributed by atoms with Crippen molar-refractivity contribution in [1.29, 1.82) is 0 Å². The highest BCUT2D eigenvalue weighted by molar-refractivity contribution is 5.87. The molecule has 0 bridgehead atoms. The van der Waals surface area contributed by atoms with E-state index in [1.54, 1.807) is 6.92 Å². The molecular formula is C11H14N2O4. The summed E-state index contributed by atoms with van der Waals surface area (Å²) >= 11 is 0. The second-order valence-corrected chi connectivity index (χ2v) is 3.47. The minimum absolute atomic E-state index is 0.0479. The van der Waals surface area contributed by atoms with Gasteiger partial charge in [0.25, 0.3) is 0 Å². The number of aromatic nitrogens is 2. The Bertz CT molecular complexity index is 553. The lowest BCUT2D eigenvalue weighted by molar-refractivity contribution is -0.138. The highest BCUT2D eigenvalue weighted by Crippen LogP contribution is 1.97. The Kier molecular flexibility index (Phi) is 4.03. The molecule has 0 spiro atoms. The molecule has 92 valence electrons. The third kappa shape index (κ3) is 2.93. The van der Waals surface area contributed by atoms with Crippen LogP contribution >= 0.6 is 0 Å². The van der Waals surface area contributed by atoms with E-state index in [0.29, 0.717) is 0 Å². The van der Waals surface area contributed by atoms with Crippen molar-refractivity contribution in [3.8, 4) is 0 Å². The van der Waals surface area contributed by atoms with Crippen LogP contribution in [0.2, 0.25) is 0 Å². The maximum atomic E-state index is 11.5. The van der Waals surface area contributed by atoms with Gasteiger partial charge in [-0.3, -0.25) is 9.59 Å². The topological polar surface area (TPSA) is 70.3 Å². The highest BCUT2D eigenvalue weighted by atomic mass is 16.5. The van der Waals surface area contributed by atoms with Gasteiger partial charge in [0.2, 0.25) is 0 Å². The Labute approximate surface area is 97.8 Å². The first kappa shape index (κ1) is 13.0. The van der Waals surface area contributed by atoms with Gasteiger partial charge in [0.1, 0.15) is 0 Å². The summed E-state index contributed by atoms with van der Waals surface area (Å²) in [6.45, 7) is 5.39. The van der Waals surface area contributed by atoms with Crippen LogP contribution < -0.4 is 11.1 Å². The van der Waals surface area contributed by atoms with E-state index in [-0.39, 0.29) is 18.7 Å². The summed E-state index contributed by atoms with van der Waals surface area (Å²) in [7, 11) is 1.48.